The zero-order valence-corrected chi connectivity index (χ0v) is 19.3. The summed E-state index contributed by atoms with van der Waals surface area (Å²) < 4.78 is 7.15. The molecule has 162 valence electrons. The standard InChI is InChI=1S/C27H21BrN4O/c28-20-9-6-10-21(16-20)30-26-23-15-19(13-14-24(23)31-27(29)32-26)22-11-4-5-12-25(22)33-17-18-7-2-1-3-8-18/h1-16H,17H2,(H3,29,30,31,32). The number of nitrogens with two attached hydrogens (primary N) is 1. The highest BCUT2D eigenvalue weighted by Gasteiger charge is 2.12. The Balaban J connectivity index is 1.53. The summed E-state index contributed by atoms with van der Waals surface area (Å²) in [5.74, 6) is 1.69. The molecule has 0 saturated carbocycles. The molecule has 0 unspecified atom stereocenters. The number of para-hydroxylation sites is 1. The van der Waals surface area contributed by atoms with E-state index in [9.17, 15) is 0 Å². The van der Waals surface area contributed by atoms with Gasteiger partial charge in [-0.15, -0.1) is 0 Å². The third-order valence-electron chi connectivity index (χ3n) is 5.24. The second kappa shape index (κ2) is 9.30. The minimum absolute atomic E-state index is 0.222. The largest absolute Gasteiger partial charge is 0.488 e. The minimum atomic E-state index is 0.222. The number of nitrogens with one attached hydrogen (secondary N) is 1. The van der Waals surface area contributed by atoms with Gasteiger partial charge in [0.05, 0.1) is 5.52 Å². The summed E-state index contributed by atoms with van der Waals surface area (Å²) in [7, 11) is 0. The molecule has 0 aliphatic carbocycles. The SMILES string of the molecule is Nc1nc(Nc2cccc(Br)c2)c2cc(-c3ccccc3OCc3ccccc3)ccc2n1. The summed E-state index contributed by atoms with van der Waals surface area (Å²) in [6, 6.07) is 32.1. The van der Waals surface area contributed by atoms with Crippen LogP contribution < -0.4 is 15.8 Å². The lowest BCUT2D eigenvalue weighted by atomic mass is 10.0. The van der Waals surface area contributed by atoms with Crippen molar-refractivity contribution < 1.29 is 4.74 Å². The van der Waals surface area contributed by atoms with Gasteiger partial charge in [-0.25, -0.2) is 4.98 Å². The van der Waals surface area contributed by atoms with E-state index in [1.54, 1.807) is 0 Å². The molecule has 6 heteroatoms. The number of halogens is 1. The Bertz CT molecular complexity index is 1420. The predicted molar refractivity (Wildman–Crippen MR) is 138 cm³/mol. The lowest BCUT2D eigenvalue weighted by Gasteiger charge is -2.14. The van der Waals surface area contributed by atoms with E-state index in [0.717, 1.165) is 43.5 Å². The molecular weight excluding hydrogens is 476 g/mol. The van der Waals surface area contributed by atoms with Gasteiger partial charge in [0.15, 0.2) is 0 Å². The Morgan fingerprint density at radius 2 is 1.64 bits per heavy atom. The van der Waals surface area contributed by atoms with E-state index in [1.165, 1.54) is 0 Å². The second-order valence-electron chi connectivity index (χ2n) is 7.57. The number of hydrogen-bond donors (Lipinski definition) is 2. The van der Waals surface area contributed by atoms with E-state index in [4.69, 9.17) is 10.5 Å². The smallest absolute Gasteiger partial charge is 0.222 e. The maximum atomic E-state index is 6.18. The molecule has 0 amide bonds. The lowest BCUT2D eigenvalue weighted by Crippen LogP contribution is -2.02. The van der Waals surface area contributed by atoms with Crippen LogP contribution in [0.2, 0.25) is 0 Å². The lowest BCUT2D eigenvalue weighted by molar-refractivity contribution is 0.307. The summed E-state index contributed by atoms with van der Waals surface area (Å²) in [5.41, 5.74) is 10.8. The van der Waals surface area contributed by atoms with Gasteiger partial charge in [0, 0.05) is 21.1 Å². The molecule has 5 aromatic rings. The van der Waals surface area contributed by atoms with Crippen molar-refractivity contribution >= 4 is 44.3 Å². The molecule has 0 bridgehead atoms. The van der Waals surface area contributed by atoms with Crippen molar-refractivity contribution in [2.24, 2.45) is 0 Å². The van der Waals surface area contributed by atoms with Crippen LogP contribution in [0.15, 0.2) is 102 Å². The first kappa shape index (κ1) is 21.0. The highest BCUT2D eigenvalue weighted by molar-refractivity contribution is 9.10. The van der Waals surface area contributed by atoms with Crippen molar-refractivity contribution in [1.82, 2.24) is 9.97 Å². The van der Waals surface area contributed by atoms with Crippen molar-refractivity contribution in [3.05, 3.63) is 107 Å². The number of anilines is 3. The summed E-state index contributed by atoms with van der Waals surface area (Å²) in [4.78, 5) is 8.88. The van der Waals surface area contributed by atoms with Gasteiger partial charge in [-0.3, -0.25) is 0 Å². The summed E-state index contributed by atoms with van der Waals surface area (Å²) in [6.45, 7) is 0.501. The molecule has 5 rings (SSSR count). The first-order chi connectivity index (χ1) is 16.2. The van der Waals surface area contributed by atoms with Gasteiger partial charge < -0.3 is 15.8 Å². The van der Waals surface area contributed by atoms with Gasteiger partial charge in [-0.1, -0.05) is 76.6 Å². The van der Waals surface area contributed by atoms with Gasteiger partial charge in [0.25, 0.3) is 0 Å². The molecule has 4 aromatic carbocycles. The van der Waals surface area contributed by atoms with Crippen LogP contribution in [0.4, 0.5) is 17.5 Å². The van der Waals surface area contributed by atoms with Crippen LogP contribution in [-0.4, -0.2) is 9.97 Å². The normalized spacial score (nSPS) is 10.8. The van der Waals surface area contributed by atoms with Gasteiger partial charge in [-0.2, -0.15) is 4.98 Å². The van der Waals surface area contributed by atoms with Gasteiger partial charge in [-0.05, 0) is 47.5 Å². The van der Waals surface area contributed by atoms with Crippen molar-refractivity contribution in [2.75, 3.05) is 11.1 Å². The molecule has 0 radical (unpaired) electrons. The van der Waals surface area contributed by atoms with Gasteiger partial charge in [0.2, 0.25) is 5.95 Å². The van der Waals surface area contributed by atoms with Crippen LogP contribution in [0.5, 0.6) is 5.75 Å². The third-order valence-corrected chi connectivity index (χ3v) is 5.73. The molecule has 0 atom stereocenters. The van der Waals surface area contributed by atoms with Gasteiger partial charge >= 0.3 is 0 Å². The summed E-state index contributed by atoms with van der Waals surface area (Å²) in [6.07, 6.45) is 0. The van der Waals surface area contributed by atoms with Crippen LogP contribution in [-0.2, 0) is 6.61 Å². The van der Waals surface area contributed by atoms with E-state index in [1.807, 2.05) is 72.8 Å². The van der Waals surface area contributed by atoms with Crippen LogP contribution in [0, 0.1) is 0 Å². The molecule has 0 aliphatic rings. The van der Waals surface area contributed by atoms with Crippen molar-refractivity contribution in [3.63, 3.8) is 0 Å². The van der Waals surface area contributed by atoms with Crippen molar-refractivity contribution in [3.8, 4) is 16.9 Å². The predicted octanol–water partition coefficient (Wildman–Crippen LogP) is 6.96. The van der Waals surface area contributed by atoms with E-state index in [-0.39, 0.29) is 5.95 Å². The van der Waals surface area contributed by atoms with E-state index in [0.29, 0.717) is 12.4 Å². The molecule has 5 nitrogen and oxygen atoms in total. The first-order valence-electron chi connectivity index (χ1n) is 10.5. The fourth-order valence-corrected chi connectivity index (χ4v) is 4.08. The molecule has 33 heavy (non-hydrogen) atoms. The number of ether oxygens (including phenoxy) is 1. The maximum absolute atomic E-state index is 6.18. The number of nitrogens with zero attached hydrogens (tertiary/aromatic N) is 2. The van der Waals surface area contributed by atoms with Gasteiger partial charge in [0.1, 0.15) is 18.2 Å². The quantitative estimate of drug-likeness (QED) is 0.265. The molecule has 0 saturated heterocycles. The zero-order chi connectivity index (χ0) is 22.6. The number of nitrogen functional groups attached to an aromatic ring is 1. The Kier molecular flexibility index (Phi) is 5.91. The number of benzene rings is 4. The average Bonchev–Trinajstić information content (AvgIpc) is 2.83. The molecule has 1 aromatic heterocycles. The first-order valence-corrected chi connectivity index (χ1v) is 11.3. The molecule has 1 heterocycles. The van der Waals surface area contributed by atoms with Crippen LogP contribution >= 0.6 is 15.9 Å². The van der Waals surface area contributed by atoms with Crippen LogP contribution in [0.25, 0.3) is 22.0 Å². The monoisotopic (exact) mass is 496 g/mol. The topological polar surface area (TPSA) is 73.1 Å². The Hall–Kier alpha value is -3.90. The minimum Gasteiger partial charge on any atom is -0.488 e. The van der Waals surface area contributed by atoms with Crippen LogP contribution in [0.1, 0.15) is 5.56 Å². The van der Waals surface area contributed by atoms with E-state index in [2.05, 4.69) is 55.5 Å². The van der Waals surface area contributed by atoms with Crippen molar-refractivity contribution in [1.29, 1.82) is 0 Å². The number of aromatic nitrogens is 2. The van der Waals surface area contributed by atoms with Crippen molar-refractivity contribution in [2.45, 2.75) is 6.61 Å². The maximum Gasteiger partial charge on any atom is 0.222 e. The average molecular weight is 497 g/mol. The Labute approximate surface area is 200 Å². The second-order valence-corrected chi connectivity index (χ2v) is 8.48. The molecule has 0 aliphatic heterocycles. The number of hydrogen-bond acceptors (Lipinski definition) is 5. The highest BCUT2D eigenvalue weighted by atomic mass is 79.9. The third kappa shape index (κ3) is 4.81. The van der Waals surface area contributed by atoms with E-state index >= 15 is 0 Å². The Morgan fingerprint density at radius 3 is 2.48 bits per heavy atom. The number of fused-ring (bicyclic) bond motifs is 1. The van der Waals surface area contributed by atoms with E-state index < -0.39 is 0 Å². The zero-order valence-electron chi connectivity index (χ0n) is 17.7. The summed E-state index contributed by atoms with van der Waals surface area (Å²) in [5, 5.41) is 4.25. The highest BCUT2D eigenvalue weighted by Crippen LogP contribution is 2.34. The fourth-order valence-electron chi connectivity index (χ4n) is 3.68. The molecule has 3 N–H and O–H groups in total. The molecular formula is C27H21BrN4O. The Morgan fingerprint density at radius 1 is 0.818 bits per heavy atom. The van der Waals surface area contributed by atoms with Crippen LogP contribution in [0.3, 0.4) is 0 Å². The fraction of sp³-hybridized carbons (Fsp3) is 0.0370. The molecule has 0 fully saturated rings. The molecule has 0 spiro atoms. The summed E-state index contributed by atoms with van der Waals surface area (Å²) >= 11 is 3.51. The number of rotatable bonds is 6.